The minimum absolute atomic E-state index is 0.0335. The fourth-order valence-electron chi connectivity index (χ4n) is 1.96. The zero-order valence-electron chi connectivity index (χ0n) is 9.99. The second kappa shape index (κ2) is 6.00. The molecule has 0 bridgehead atoms. The quantitative estimate of drug-likeness (QED) is 0.863. The molecule has 1 fully saturated rings. The zero-order valence-corrected chi connectivity index (χ0v) is 11.6. The third-order valence-corrected chi connectivity index (χ3v) is 3.44. The lowest BCUT2D eigenvalue weighted by Gasteiger charge is -2.16. The van der Waals surface area contributed by atoms with Gasteiger partial charge in [-0.05, 0) is 24.1 Å². The van der Waals surface area contributed by atoms with Crippen LogP contribution in [0.4, 0.5) is 5.69 Å². The smallest absolute Gasteiger partial charge is 0.230 e. The van der Waals surface area contributed by atoms with E-state index in [1.165, 1.54) is 0 Å². The predicted octanol–water partition coefficient (Wildman–Crippen LogP) is 1.82. The Morgan fingerprint density at radius 3 is 2.61 bits per heavy atom. The average molecular weight is 311 g/mol. The second-order valence-corrected chi connectivity index (χ2v) is 4.79. The fourth-order valence-corrected chi connectivity index (χ4v) is 2.16. The summed E-state index contributed by atoms with van der Waals surface area (Å²) in [6, 6.07) is 7.74. The Morgan fingerprint density at radius 2 is 2.06 bits per heavy atom. The molecule has 2 rings (SSSR count). The number of rotatable bonds is 4. The van der Waals surface area contributed by atoms with Crippen molar-refractivity contribution in [2.24, 2.45) is 0 Å². The maximum atomic E-state index is 11.6. The van der Waals surface area contributed by atoms with Crippen LogP contribution in [0.25, 0.3) is 0 Å². The van der Waals surface area contributed by atoms with Gasteiger partial charge in [-0.1, -0.05) is 28.1 Å². The van der Waals surface area contributed by atoms with Crippen LogP contribution >= 0.6 is 15.9 Å². The molecular formula is C13H15BrN2O2. The molecule has 18 heavy (non-hydrogen) atoms. The van der Waals surface area contributed by atoms with E-state index in [1.807, 2.05) is 24.3 Å². The molecule has 1 N–H and O–H groups in total. The predicted molar refractivity (Wildman–Crippen MR) is 73.7 cm³/mol. The second-order valence-electron chi connectivity index (χ2n) is 4.23. The minimum atomic E-state index is -0.0335. The molecular weight excluding hydrogens is 296 g/mol. The molecule has 1 aliphatic rings. The first-order valence-corrected chi connectivity index (χ1v) is 7.05. The highest BCUT2D eigenvalue weighted by Crippen LogP contribution is 2.21. The minimum Gasteiger partial charge on any atom is -0.351 e. The van der Waals surface area contributed by atoms with E-state index in [1.54, 1.807) is 4.90 Å². The molecule has 0 atom stereocenters. The lowest BCUT2D eigenvalue weighted by atomic mass is 10.2. The van der Waals surface area contributed by atoms with Crippen molar-refractivity contribution in [1.29, 1.82) is 0 Å². The van der Waals surface area contributed by atoms with Crippen molar-refractivity contribution in [3.8, 4) is 0 Å². The summed E-state index contributed by atoms with van der Waals surface area (Å²) >= 11 is 3.10. The Balaban J connectivity index is 1.97. The van der Waals surface area contributed by atoms with Gasteiger partial charge in [0.05, 0.1) is 5.33 Å². The van der Waals surface area contributed by atoms with Crippen LogP contribution in [0.3, 0.4) is 0 Å². The van der Waals surface area contributed by atoms with Crippen molar-refractivity contribution in [2.45, 2.75) is 19.4 Å². The maximum absolute atomic E-state index is 11.6. The van der Waals surface area contributed by atoms with Crippen LogP contribution in [-0.2, 0) is 16.1 Å². The highest BCUT2D eigenvalue weighted by Gasteiger charge is 2.21. The van der Waals surface area contributed by atoms with E-state index in [9.17, 15) is 9.59 Å². The van der Waals surface area contributed by atoms with E-state index >= 15 is 0 Å². The lowest BCUT2D eigenvalue weighted by Crippen LogP contribution is -2.24. The van der Waals surface area contributed by atoms with Gasteiger partial charge in [0, 0.05) is 25.2 Å². The largest absolute Gasteiger partial charge is 0.351 e. The zero-order chi connectivity index (χ0) is 13.0. The van der Waals surface area contributed by atoms with E-state index in [2.05, 4.69) is 21.2 Å². The number of halogens is 1. The Kier molecular flexibility index (Phi) is 4.36. The number of alkyl halides is 1. The van der Waals surface area contributed by atoms with Crippen molar-refractivity contribution in [3.63, 3.8) is 0 Å². The van der Waals surface area contributed by atoms with Crippen LogP contribution in [0.15, 0.2) is 24.3 Å². The molecule has 5 heteroatoms. The van der Waals surface area contributed by atoms with Crippen molar-refractivity contribution in [3.05, 3.63) is 29.8 Å². The third kappa shape index (κ3) is 3.10. The van der Waals surface area contributed by atoms with E-state index in [0.29, 0.717) is 18.3 Å². The number of hydrogen-bond acceptors (Lipinski definition) is 2. The first-order valence-electron chi connectivity index (χ1n) is 5.92. The number of benzene rings is 1. The summed E-state index contributed by atoms with van der Waals surface area (Å²) in [6.45, 7) is 1.32. The lowest BCUT2D eigenvalue weighted by molar-refractivity contribution is -0.118. The molecule has 1 saturated heterocycles. The van der Waals surface area contributed by atoms with Crippen LogP contribution in [0.5, 0.6) is 0 Å². The monoisotopic (exact) mass is 310 g/mol. The number of nitrogens with zero attached hydrogens (tertiary/aromatic N) is 1. The van der Waals surface area contributed by atoms with Gasteiger partial charge in [0.2, 0.25) is 11.8 Å². The molecule has 1 aromatic carbocycles. The Morgan fingerprint density at radius 1 is 1.33 bits per heavy atom. The van der Waals surface area contributed by atoms with E-state index in [0.717, 1.165) is 24.2 Å². The highest BCUT2D eigenvalue weighted by molar-refractivity contribution is 9.09. The molecule has 0 saturated carbocycles. The molecule has 0 aromatic heterocycles. The molecule has 1 aliphatic heterocycles. The normalized spacial score (nSPS) is 14.9. The standard InChI is InChI=1S/C13H15BrN2O2/c14-8-12(17)15-9-10-3-5-11(6-4-10)16-7-1-2-13(16)18/h3-6H,1-2,7-9H2,(H,15,17). The average Bonchev–Trinajstić information content (AvgIpc) is 2.83. The van der Waals surface area contributed by atoms with Gasteiger partial charge in [0.25, 0.3) is 0 Å². The van der Waals surface area contributed by atoms with Crippen LogP contribution < -0.4 is 10.2 Å². The van der Waals surface area contributed by atoms with Crippen LogP contribution in [0.1, 0.15) is 18.4 Å². The number of anilines is 1. The van der Waals surface area contributed by atoms with Crippen molar-refractivity contribution >= 4 is 33.4 Å². The van der Waals surface area contributed by atoms with Gasteiger partial charge in [0.1, 0.15) is 0 Å². The van der Waals surface area contributed by atoms with Crippen molar-refractivity contribution in [2.75, 3.05) is 16.8 Å². The first kappa shape index (κ1) is 13.1. The third-order valence-electron chi connectivity index (χ3n) is 2.93. The van der Waals surface area contributed by atoms with Gasteiger partial charge in [-0.3, -0.25) is 9.59 Å². The highest BCUT2D eigenvalue weighted by atomic mass is 79.9. The van der Waals surface area contributed by atoms with Gasteiger partial charge in [-0.25, -0.2) is 0 Å². The molecule has 2 amide bonds. The maximum Gasteiger partial charge on any atom is 0.230 e. The summed E-state index contributed by atoms with van der Waals surface area (Å²) in [5.41, 5.74) is 1.97. The molecule has 96 valence electrons. The number of hydrogen-bond donors (Lipinski definition) is 1. The van der Waals surface area contributed by atoms with Gasteiger partial charge >= 0.3 is 0 Å². The van der Waals surface area contributed by atoms with Gasteiger partial charge < -0.3 is 10.2 Å². The van der Waals surface area contributed by atoms with Crippen molar-refractivity contribution in [1.82, 2.24) is 5.32 Å². The van der Waals surface area contributed by atoms with Crippen LogP contribution in [0.2, 0.25) is 0 Å². The van der Waals surface area contributed by atoms with E-state index in [4.69, 9.17) is 0 Å². The number of carbonyl (C=O) groups is 2. The topological polar surface area (TPSA) is 49.4 Å². The summed E-state index contributed by atoms with van der Waals surface area (Å²) in [4.78, 5) is 24.5. The number of carbonyl (C=O) groups excluding carboxylic acids is 2. The van der Waals surface area contributed by atoms with Gasteiger partial charge in [-0.15, -0.1) is 0 Å². The summed E-state index contributed by atoms with van der Waals surface area (Å²) < 4.78 is 0. The summed E-state index contributed by atoms with van der Waals surface area (Å²) in [5, 5.41) is 3.09. The summed E-state index contributed by atoms with van der Waals surface area (Å²) in [5.74, 6) is 0.157. The van der Waals surface area contributed by atoms with E-state index in [-0.39, 0.29) is 11.8 Å². The first-order chi connectivity index (χ1) is 8.70. The van der Waals surface area contributed by atoms with E-state index < -0.39 is 0 Å². The summed E-state index contributed by atoms with van der Waals surface area (Å²) in [7, 11) is 0. The van der Waals surface area contributed by atoms with Crippen LogP contribution in [-0.4, -0.2) is 23.7 Å². The van der Waals surface area contributed by atoms with Crippen molar-refractivity contribution < 1.29 is 9.59 Å². The molecule has 0 aliphatic carbocycles. The Hall–Kier alpha value is -1.36. The molecule has 1 aromatic rings. The van der Waals surface area contributed by atoms with Gasteiger partial charge in [0.15, 0.2) is 0 Å². The number of nitrogens with one attached hydrogen (secondary N) is 1. The van der Waals surface area contributed by atoms with Gasteiger partial charge in [-0.2, -0.15) is 0 Å². The van der Waals surface area contributed by atoms with Crippen LogP contribution in [0, 0.1) is 0 Å². The molecule has 0 radical (unpaired) electrons. The fraction of sp³-hybridized carbons (Fsp3) is 0.385. The molecule has 4 nitrogen and oxygen atoms in total. The Bertz CT molecular complexity index is 445. The molecule has 0 unspecified atom stereocenters. The Labute approximate surface area is 114 Å². The number of amides is 2. The molecule has 1 heterocycles. The summed E-state index contributed by atoms with van der Waals surface area (Å²) in [6.07, 6.45) is 1.57. The molecule has 0 spiro atoms. The SMILES string of the molecule is O=C(CBr)NCc1ccc(N2CCCC2=O)cc1.